The van der Waals surface area contributed by atoms with E-state index in [0.29, 0.717) is 10.2 Å². The van der Waals surface area contributed by atoms with Crippen molar-refractivity contribution < 1.29 is 0 Å². The highest BCUT2D eigenvalue weighted by atomic mass is 35.5. The standard InChI is InChI=1S/C14H15ClN4S/c1-3-6-19-11-5-4-9(15)7-10(11)18-13(19)12-8(2)17-14(16)20-12/h4-5,7H,3,6H2,1-2H3,(H2,16,17). The van der Waals surface area contributed by atoms with E-state index >= 15 is 0 Å². The van der Waals surface area contributed by atoms with E-state index in [-0.39, 0.29) is 0 Å². The second-order valence-corrected chi connectivity index (χ2v) is 6.15. The summed E-state index contributed by atoms with van der Waals surface area (Å²) in [6.45, 7) is 5.02. The fraction of sp³-hybridized carbons (Fsp3) is 0.286. The number of halogens is 1. The monoisotopic (exact) mass is 306 g/mol. The minimum atomic E-state index is 0.575. The van der Waals surface area contributed by atoms with Gasteiger partial charge in [0.05, 0.1) is 21.6 Å². The van der Waals surface area contributed by atoms with Gasteiger partial charge in [0.15, 0.2) is 11.0 Å². The van der Waals surface area contributed by atoms with Gasteiger partial charge in [0.1, 0.15) is 0 Å². The predicted octanol–water partition coefficient (Wildman–Crippen LogP) is 4.11. The average molecular weight is 307 g/mol. The van der Waals surface area contributed by atoms with Crippen molar-refractivity contribution in [3.05, 3.63) is 28.9 Å². The molecule has 0 saturated heterocycles. The zero-order chi connectivity index (χ0) is 14.3. The molecule has 0 spiro atoms. The lowest BCUT2D eigenvalue weighted by Gasteiger charge is -2.06. The summed E-state index contributed by atoms with van der Waals surface area (Å²) in [5.41, 5.74) is 8.74. The summed E-state index contributed by atoms with van der Waals surface area (Å²) in [6, 6.07) is 5.81. The number of anilines is 1. The zero-order valence-electron chi connectivity index (χ0n) is 11.4. The van der Waals surface area contributed by atoms with Crippen molar-refractivity contribution in [1.29, 1.82) is 0 Å². The molecule has 6 heteroatoms. The Labute approximate surface area is 126 Å². The maximum Gasteiger partial charge on any atom is 0.180 e. The largest absolute Gasteiger partial charge is 0.375 e. The molecule has 0 aliphatic rings. The maximum atomic E-state index is 6.06. The van der Waals surface area contributed by atoms with Gasteiger partial charge in [-0.1, -0.05) is 29.9 Å². The Balaban J connectivity index is 2.28. The van der Waals surface area contributed by atoms with E-state index in [1.807, 2.05) is 25.1 Å². The minimum absolute atomic E-state index is 0.575. The third-order valence-electron chi connectivity index (χ3n) is 3.17. The first kappa shape index (κ1) is 13.4. The second kappa shape index (κ2) is 5.07. The Bertz CT molecular complexity index is 775. The van der Waals surface area contributed by atoms with Crippen LogP contribution in [-0.4, -0.2) is 14.5 Å². The Morgan fingerprint density at radius 1 is 1.35 bits per heavy atom. The molecule has 0 aliphatic heterocycles. The first-order valence-electron chi connectivity index (χ1n) is 6.49. The van der Waals surface area contributed by atoms with Gasteiger partial charge in [-0.2, -0.15) is 0 Å². The van der Waals surface area contributed by atoms with Gasteiger partial charge in [-0.3, -0.25) is 0 Å². The van der Waals surface area contributed by atoms with Crippen molar-refractivity contribution in [3.63, 3.8) is 0 Å². The topological polar surface area (TPSA) is 56.7 Å². The number of imidazole rings is 1. The van der Waals surface area contributed by atoms with Crippen molar-refractivity contribution in [2.45, 2.75) is 26.8 Å². The molecular weight excluding hydrogens is 292 g/mol. The van der Waals surface area contributed by atoms with Crippen molar-refractivity contribution >= 4 is 39.1 Å². The van der Waals surface area contributed by atoms with Crippen LogP contribution in [0.5, 0.6) is 0 Å². The van der Waals surface area contributed by atoms with Crippen LogP contribution in [-0.2, 0) is 6.54 Å². The van der Waals surface area contributed by atoms with E-state index < -0.39 is 0 Å². The highest BCUT2D eigenvalue weighted by Gasteiger charge is 2.17. The van der Waals surface area contributed by atoms with Gasteiger partial charge in [-0.25, -0.2) is 9.97 Å². The summed E-state index contributed by atoms with van der Waals surface area (Å²) in [7, 11) is 0. The number of benzene rings is 1. The fourth-order valence-corrected chi connectivity index (χ4v) is 3.35. The molecule has 3 rings (SSSR count). The summed E-state index contributed by atoms with van der Waals surface area (Å²) in [5.74, 6) is 0.927. The molecule has 2 heterocycles. The average Bonchev–Trinajstić information content (AvgIpc) is 2.90. The summed E-state index contributed by atoms with van der Waals surface area (Å²) < 4.78 is 2.21. The van der Waals surface area contributed by atoms with Crippen molar-refractivity contribution in [2.24, 2.45) is 0 Å². The molecule has 2 aromatic heterocycles. The third kappa shape index (κ3) is 2.17. The minimum Gasteiger partial charge on any atom is -0.375 e. The number of hydrogen-bond donors (Lipinski definition) is 1. The first-order valence-corrected chi connectivity index (χ1v) is 7.68. The maximum absolute atomic E-state index is 6.06. The van der Waals surface area contributed by atoms with Crippen LogP contribution >= 0.6 is 22.9 Å². The number of fused-ring (bicyclic) bond motifs is 1. The number of rotatable bonds is 3. The van der Waals surface area contributed by atoms with Crippen LogP contribution in [0.15, 0.2) is 18.2 Å². The van der Waals surface area contributed by atoms with Crippen LogP contribution in [0.25, 0.3) is 21.7 Å². The van der Waals surface area contributed by atoms with Crippen LogP contribution in [0, 0.1) is 6.92 Å². The number of aryl methyl sites for hydroxylation is 2. The molecule has 1 aromatic carbocycles. The van der Waals surface area contributed by atoms with E-state index in [4.69, 9.17) is 22.3 Å². The molecule has 3 aromatic rings. The van der Waals surface area contributed by atoms with Gasteiger partial charge in [-0.15, -0.1) is 0 Å². The van der Waals surface area contributed by atoms with Crippen LogP contribution in [0.1, 0.15) is 19.0 Å². The summed E-state index contributed by atoms with van der Waals surface area (Å²) >= 11 is 7.54. The van der Waals surface area contributed by atoms with E-state index in [0.717, 1.165) is 40.4 Å². The molecule has 20 heavy (non-hydrogen) atoms. The molecule has 0 saturated carbocycles. The van der Waals surface area contributed by atoms with E-state index in [9.17, 15) is 0 Å². The van der Waals surface area contributed by atoms with Crippen LogP contribution in [0.4, 0.5) is 5.13 Å². The van der Waals surface area contributed by atoms with E-state index in [1.54, 1.807) is 0 Å². The van der Waals surface area contributed by atoms with E-state index in [2.05, 4.69) is 16.5 Å². The van der Waals surface area contributed by atoms with Gasteiger partial charge in [-0.05, 0) is 31.5 Å². The Morgan fingerprint density at radius 2 is 2.15 bits per heavy atom. The van der Waals surface area contributed by atoms with Crippen LogP contribution < -0.4 is 5.73 Å². The van der Waals surface area contributed by atoms with E-state index in [1.165, 1.54) is 11.3 Å². The lowest BCUT2D eigenvalue weighted by atomic mass is 10.3. The zero-order valence-corrected chi connectivity index (χ0v) is 12.9. The quantitative estimate of drug-likeness (QED) is 0.792. The van der Waals surface area contributed by atoms with Gasteiger partial charge < -0.3 is 10.3 Å². The Hall–Kier alpha value is -1.59. The SMILES string of the molecule is CCCn1c(-c2sc(N)nc2C)nc2cc(Cl)ccc21. The molecule has 0 unspecified atom stereocenters. The molecule has 0 amide bonds. The Morgan fingerprint density at radius 3 is 2.80 bits per heavy atom. The normalized spacial score (nSPS) is 11.3. The Kier molecular flexibility index (Phi) is 3.40. The molecule has 0 radical (unpaired) electrons. The van der Waals surface area contributed by atoms with Gasteiger partial charge in [0.2, 0.25) is 0 Å². The molecule has 0 atom stereocenters. The van der Waals surface area contributed by atoms with Gasteiger partial charge in [0.25, 0.3) is 0 Å². The fourth-order valence-electron chi connectivity index (χ4n) is 2.35. The van der Waals surface area contributed by atoms with Crippen molar-refractivity contribution in [3.8, 4) is 10.7 Å². The third-order valence-corrected chi connectivity index (χ3v) is 4.39. The number of thiazole rings is 1. The summed E-state index contributed by atoms with van der Waals surface area (Å²) in [5, 5.41) is 1.27. The summed E-state index contributed by atoms with van der Waals surface area (Å²) in [4.78, 5) is 10.1. The lowest BCUT2D eigenvalue weighted by Crippen LogP contribution is -1.99. The summed E-state index contributed by atoms with van der Waals surface area (Å²) in [6.07, 6.45) is 1.04. The lowest BCUT2D eigenvalue weighted by molar-refractivity contribution is 0.704. The molecule has 0 bridgehead atoms. The van der Waals surface area contributed by atoms with Gasteiger partial charge >= 0.3 is 0 Å². The number of nitrogens with two attached hydrogens (primary N) is 1. The molecular formula is C14H15ClN4S. The number of aromatic nitrogens is 3. The smallest absolute Gasteiger partial charge is 0.180 e. The predicted molar refractivity (Wildman–Crippen MR) is 85.3 cm³/mol. The highest BCUT2D eigenvalue weighted by Crippen LogP contribution is 2.33. The molecule has 4 nitrogen and oxygen atoms in total. The molecule has 0 fully saturated rings. The second-order valence-electron chi connectivity index (χ2n) is 4.69. The molecule has 0 aliphatic carbocycles. The van der Waals surface area contributed by atoms with Gasteiger partial charge in [0, 0.05) is 11.6 Å². The number of nitrogen functional groups attached to an aromatic ring is 1. The number of hydrogen-bond acceptors (Lipinski definition) is 4. The molecule has 2 N–H and O–H groups in total. The highest BCUT2D eigenvalue weighted by molar-refractivity contribution is 7.18. The molecule has 104 valence electrons. The number of nitrogens with zero attached hydrogens (tertiary/aromatic N) is 3. The van der Waals surface area contributed by atoms with Crippen molar-refractivity contribution in [1.82, 2.24) is 14.5 Å². The van der Waals surface area contributed by atoms with Crippen molar-refractivity contribution in [2.75, 3.05) is 5.73 Å². The van der Waals surface area contributed by atoms with Crippen LogP contribution in [0.2, 0.25) is 5.02 Å². The van der Waals surface area contributed by atoms with Crippen LogP contribution in [0.3, 0.4) is 0 Å². The first-order chi connectivity index (χ1) is 9.60.